The van der Waals surface area contributed by atoms with Crippen LogP contribution < -0.4 is 44.5 Å². The van der Waals surface area contributed by atoms with E-state index in [2.05, 4.69) is 15.5 Å². The number of carbonyl (C=O) groups is 1. The van der Waals surface area contributed by atoms with Crippen molar-refractivity contribution in [1.29, 1.82) is 0 Å². The van der Waals surface area contributed by atoms with Crippen molar-refractivity contribution in [3.05, 3.63) is 78.4 Å². The van der Waals surface area contributed by atoms with Gasteiger partial charge in [-0.1, -0.05) is 0 Å². The number of benzene rings is 4. The number of anilines is 2. The second-order valence-electron chi connectivity index (χ2n) is 8.26. The number of hydrogen-bond acceptors (Lipinski definition) is 9. The van der Waals surface area contributed by atoms with E-state index in [1.807, 2.05) is 19.0 Å². The van der Waals surface area contributed by atoms with Crippen molar-refractivity contribution in [2.24, 2.45) is 10.2 Å². The zero-order valence-corrected chi connectivity index (χ0v) is 24.0. The molecule has 0 aliphatic carbocycles. The summed E-state index contributed by atoms with van der Waals surface area (Å²) in [6.07, 6.45) is 0. The number of amides is 1. The Morgan fingerprint density at radius 3 is 2.21 bits per heavy atom. The van der Waals surface area contributed by atoms with E-state index in [9.17, 15) is 22.9 Å². The summed E-state index contributed by atoms with van der Waals surface area (Å²) in [7, 11) is 0.262. The van der Waals surface area contributed by atoms with Crippen molar-refractivity contribution < 1.29 is 57.2 Å². The van der Waals surface area contributed by atoms with E-state index in [0.29, 0.717) is 22.7 Å². The maximum Gasteiger partial charge on any atom is 1.00 e. The van der Waals surface area contributed by atoms with Crippen LogP contribution in [0.3, 0.4) is 0 Å². The molecule has 0 aliphatic heterocycles. The zero-order chi connectivity index (χ0) is 26.7. The van der Waals surface area contributed by atoms with Crippen LogP contribution in [0.25, 0.3) is 10.8 Å². The molecular weight excluding hydrogens is 519 g/mol. The molecule has 0 aromatic heterocycles. The minimum atomic E-state index is -5.03. The Bertz CT molecular complexity index is 1610. The fraction of sp³-hybridized carbons (Fsp3) is 0.115. The molecule has 0 fully saturated rings. The summed E-state index contributed by atoms with van der Waals surface area (Å²) in [5, 5.41) is 21.8. The molecule has 0 bridgehead atoms. The van der Waals surface area contributed by atoms with Gasteiger partial charge in [0, 0.05) is 36.4 Å². The third kappa shape index (κ3) is 6.50. The summed E-state index contributed by atoms with van der Waals surface area (Å²) in [6, 6.07) is 19.0. The zero-order valence-electron chi connectivity index (χ0n) is 21.2. The summed E-state index contributed by atoms with van der Waals surface area (Å²) in [5.41, 5.74) is 1.58. The van der Waals surface area contributed by atoms with Crippen LogP contribution >= 0.6 is 0 Å². The first-order chi connectivity index (χ1) is 17.6. The van der Waals surface area contributed by atoms with Crippen molar-refractivity contribution in [3.63, 3.8) is 0 Å². The number of fused-ring (bicyclic) bond motifs is 1. The molecule has 1 amide bonds. The van der Waals surface area contributed by atoms with Crippen LogP contribution in [0.5, 0.6) is 11.5 Å². The number of phenols is 1. The molecule has 4 aromatic rings. The van der Waals surface area contributed by atoms with E-state index in [1.165, 1.54) is 19.2 Å². The summed E-state index contributed by atoms with van der Waals surface area (Å²) in [4.78, 5) is 13.9. The molecule has 38 heavy (non-hydrogen) atoms. The van der Waals surface area contributed by atoms with Gasteiger partial charge in [-0.2, -0.15) is 5.11 Å². The molecule has 0 saturated carbocycles. The first kappa shape index (κ1) is 29.1. The Balaban J connectivity index is 0.00000400. The predicted octanol–water partition coefficient (Wildman–Crippen LogP) is 2.20. The number of methoxy groups -OCH3 is 1. The maximum atomic E-state index is 12.7. The van der Waals surface area contributed by atoms with E-state index in [1.54, 1.807) is 54.6 Å². The number of phenolic OH excluding ortho intramolecular Hbond substituents is 1. The molecule has 0 saturated heterocycles. The number of nitrogens with zero attached hydrogens (tertiary/aromatic N) is 3. The molecule has 4 rings (SSSR count). The van der Waals surface area contributed by atoms with Gasteiger partial charge in [-0.05, 0) is 78.2 Å². The number of nitrogens with one attached hydrogen (secondary N) is 1. The van der Waals surface area contributed by atoms with Crippen molar-refractivity contribution in [3.8, 4) is 11.5 Å². The van der Waals surface area contributed by atoms with Gasteiger partial charge in [0.25, 0.3) is 5.91 Å². The average Bonchev–Trinajstić information content (AvgIpc) is 2.87. The number of ether oxygens (including phenoxy) is 1. The second kappa shape index (κ2) is 11.9. The Labute approximate surface area is 242 Å². The van der Waals surface area contributed by atoms with Gasteiger partial charge in [0.15, 0.2) is 5.75 Å². The topological polar surface area (TPSA) is 144 Å². The first-order valence-electron chi connectivity index (χ1n) is 11.0. The average molecular weight is 543 g/mol. The molecule has 190 valence electrons. The molecule has 12 heteroatoms. The van der Waals surface area contributed by atoms with E-state index in [-0.39, 0.29) is 46.2 Å². The predicted molar refractivity (Wildman–Crippen MR) is 139 cm³/mol. The van der Waals surface area contributed by atoms with Crippen molar-refractivity contribution in [1.82, 2.24) is 0 Å². The fourth-order valence-electron chi connectivity index (χ4n) is 3.59. The first-order valence-corrected chi connectivity index (χ1v) is 12.4. The van der Waals surface area contributed by atoms with Crippen LogP contribution in [0.4, 0.5) is 22.7 Å². The molecule has 4 aromatic carbocycles. The van der Waals surface area contributed by atoms with Gasteiger partial charge < -0.3 is 24.6 Å². The maximum absolute atomic E-state index is 12.7. The number of aromatic hydroxyl groups is 1. The molecular formula is C26H23N4NaO6S. The van der Waals surface area contributed by atoms with Crippen LogP contribution in [0.1, 0.15) is 10.4 Å². The third-order valence-corrected chi connectivity index (χ3v) is 6.41. The minimum absolute atomic E-state index is 0. The van der Waals surface area contributed by atoms with Crippen molar-refractivity contribution in [2.45, 2.75) is 4.90 Å². The molecule has 0 unspecified atom stereocenters. The van der Waals surface area contributed by atoms with Crippen molar-refractivity contribution >= 4 is 49.5 Å². The monoisotopic (exact) mass is 542 g/mol. The Morgan fingerprint density at radius 1 is 0.974 bits per heavy atom. The van der Waals surface area contributed by atoms with Crippen LogP contribution in [0.15, 0.2) is 87.9 Å². The quantitative estimate of drug-likeness (QED) is 0.207. The third-order valence-electron chi connectivity index (χ3n) is 5.56. The van der Waals surface area contributed by atoms with Crippen LogP contribution in [0, 0.1) is 0 Å². The molecule has 0 radical (unpaired) electrons. The molecule has 2 N–H and O–H groups in total. The summed E-state index contributed by atoms with van der Waals surface area (Å²) in [6.45, 7) is 0. The number of azo groups is 1. The van der Waals surface area contributed by atoms with Crippen LogP contribution in [0.2, 0.25) is 0 Å². The van der Waals surface area contributed by atoms with Gasteiger partial charge in [-0.25, -0.2) is 8.42 Å². The summed E-state index contributed by atoms with van der Waals surface area (Å²) >= 11 is 0. The van der Waals surface area contributed by atoms with Gasteiger partial charge in [0.05, 0.1) is 17.7 Å². The Morgan fingerprint density at radius 2 is 1.63 bits per heavy atom. The van der Waals surface area contributed by atoms with Crippen molar-refractivity contribution in [2.75, 3.05) is 31.4 Å². The number of carbonyl (C=O) groups excluding carboxylic acids is 1. The van der Waals surface area contributed by atoms with Gasteiger partial charge >= 0.3 is 29.6 Å². The van der Waals surface area contributed by atoms with Crippen LogP contribution in [-0.4, -0.2) is 45.2 Å². The van der Waals surface area contributed by atoms with Gasteiger partial charge in [-0.15, -0.1) is 5.11 Å². The molecule has 0 heterocycles. The van der Waals surface area contributed by atoms with Gasteiger partial charge in [0.2, 0.25) is 0 Å². The summed E-state index contributed by atoms with van der Waals surface area (Å²) < 4.78 is 41.1. The Hall–Kier alpha value is -3.48. The van der Waals surface area contributed by atoms with E-state index in [4.69, 9.17) is 4.74 Å². The second-order valence-corrected chi connectivity index (χ2v) is 9.60. The Kier molecular flexibility index (Phi) is 9.13. The number of rotatable bonds is 7. The molecule has 0 atom stereocenters. The molecule has 0 spiro atoms. The molecule has 0 aliphatic rings. The molecule has 10 nitrogen and oxygen atoms in total. The standard InChI is InChI=1S/C26H24N4O6S.Na/c1-30(2)20-9-4-16(5-10-20)26(32)27-19-8-13-22-17(14-19)15-23(37(33,34)35)24(25(22)31)29-28-18-6-11-21(36-3)12-7-18;/h4-15,31H,1-3H3,(H,27,32)(H,33,34,35);/q;+1/p-1. The fourth-order valence-corrected chi connectivity index (χ4v) is 4.23. The van der Waals surface area contributed by atoms with E-state index in [0.717, 1.165) is 11.8 Å². The normalized spacial score (nSPS) is 11.3. The van der Waals surface area contributed by atoms with Gasteiger partial charge in [-0.3, -0.25) is 4.79 Å². The summed E-state index contributed by atoms with van der Waals surface area (Å²) in [5.74, 6) is -0.319. The van der Waals surface area contributed by atoms with E-state index >= 15 is 0 Å². The smallest absolute Gasteiger partial charge is 0.744 e. The largest absolute Gasteiger partial charge is 1.00 e. The van der Waals surface area contributed by atoms with Crippen LogP contribution in [-0.2, 0) is 10.1 Å². The van der Waals surface area contributed by atoms with Gasteiger partial charge in [0.1, 0.15) is 21.6 Å². The number of hydrogen-bond donors (Lipinski definition) is 2. The SMILES string of the molecule is COc1ccc(N=Nc2c(S(=O)(=O)[O-])cc3cc(NC(=O)c4ccc(N(C)C)cc4)ccc3c2O)cc1.[Na+]. The minimum Gasteiger partial charge on any atom is -0.744 e. The van der Waals surface area contributed by atoms with E-state index < -0.39 is 26.5 Å².